The molecular formula is C24H51NO2. The van der Waals surface area contributed by atoms with E-state index in [2.05, 4.69) is 25.7 Å². The zero-order chi connectivity index (χ0) is 20.5. The Morgan fingerprint density at radius 2 is 1.30 bits per heavy atom. The Morgan fingerprint density at radius 1 is 0.778 bits per heavy atom. The summed E-state index contributed by atoms with van der Waals surface area (Å²) in [5.41, 5.74) is 0. The highest BCUT2D eigenvalue weighted by Gasteiger charge is 2.22. The fourth-order valence-corrected chi connectivity index (χ4v) is 4.42. The fraction of sp³-hybridized carbons (Fsp3) is 1.00. The summed E-state index contributed by atoms with van der Waals surface area (Å²) in [7, 11) is 0. The van der Waals surface area contributed by atoms with Crippen LogP contribution in [-0.4, -0.2) is 48.0 Å². The van der Waals surface area contributed by atoms with Crippen LogP contribution in [-0.2, 0) is 0 Å². The highest BCUT2D eigenvalue weighted by atomic mass is 16.3. The monoisotopic (exact) mass is 385 g/mol. The van der Waals surface area contributed by atoms with E-state index in [1.807, 2.05) is 13.8 Å². The Balaban J connectivity index is 0.00000326. The molecule has 1 fully saturated rings. The van der Waals surface area contributed by atoms with Crippen LogP contribution in [0.4, 0.5) is 0 Å². The highest BCUT2D eigenvalue weighted by Crippen LogP contribution is 2.33. The Hall–Kier alpha value is -0.120. The summed E-state index contributed by atoms with van der Waals surface area (Å²) in [5.74, 6) is 3.47. The molecule has 3 nitrogen and oxygen atoms in total. The molecule has 1 aliphatic carbocycles. The largest absolute Gasteiger partial charge is 0.395 e. The highest BCUT2D eigenvalue weighted by molar-refractivity contribution is 4.75. The maximum Gasteiger partial charge on any atom is 0.0558 e. The van der Waals surface area contributed by atoms with Gasteiger partial charge in [-0.1, -0.05) is 86.0 Å². The summed E-state index contributed by atoms with van der Waals surface area (Å²) < 4.78 is 0. The molecule has 164 valence electrons. The molecule has 0 spiro atoms. The maximum atomic E-state index is 9.13. The summed E-state index contributed by atoms with van der Waals surface area (Å²) in [6, 6.07) is 0. The van der Waals surface area contributed by atoms with E-state index in [1.165, 1.54) is 64.2 Å². The molecular weight excluding hydrogens is 334 g/mol. The second-order valence-electron chi connectivity index (χ2n) is 9.00. The molecule has 0 radical (unpaired) electrons. The van der Waals surface area contributed by atoms with Gasteiger partial charge in [0.2, 0.25) is 0 Å². The predicted octanol–water partition coefficient (Wildman–Crippen LogP) is 5.74. The van der Waals surface area contributed by atoms with E-state index in [0.717, 1.165) is 30.2 Å². The number of hydrogen-bond acceptors (Lipinski definition) is 3. The van der Waals surface area contributed by atoms with Crippen LogP contribution < -0.4 is 0 Å². The number of aliphatic hydroxyl groups is 2. The van der Waals surface area contributed by atoms with Gasteiger partial charge in [0, 0.05) is 19.6 Å². The number of rotatable bonds is 14. The Morgan fingerprint density at radius 3 is 1.81 bits per heavy atom. The van der Waals surface area contributed by atoms with Crippen LogP contribution in [0, 0.1) is 23.7 Å². The van der Waals surface area contributed by atoms with Gasteiger partial charge >= 0.3 is 0 Å². The molecule has 1 saturated carbocycles. The lowest BCUT2D eigenvalue weighted by atomic mass is 9.79. The van der Waals surface area contributed by atoms with Crippen LogP contribution in [0.1, 0.15) is 98.8 Å². The van der Waals surface area contributed by atoms with Crippen molar-refractivity contribution in [1.82, 2.24) is 4.90 Å². The molecule has 0 amide bonds. The SMILES string of the molecule is CC.CC(C)CCCC(C)CCCC1CCC(CN(CCO)CCO)CC1. The maximum absolute atomic E-state index is 9.13. The first-order valence-corrected chi connectivity index (χ1v) is 12.0. The van der Waals surface area contributed by atoms with Gasteiger partial charge in [0.25, 0.3) is 0 Å². The van der Waals surface area contributed by atoms with E-state index in [4.69, 9.17) is 10.2 Å². The summed E-state index contributed by atoms with van der Waals surface area (Å²) in [5, 5.41) is 18.3. The average molecular weight is 386 g/mol. The van der Waals surface area contributed by atoms with Crippen molar-refractivity contribution in [2.45, 2.75) is 98.8 Å². The molecule has 1 rings (SSSR count). The molecule has 0 heterocycles. The number of hydrogen-bond donors (Lipinski definition) is 2. The number of aliphatic hydroxyl groups excluding tert-OH is 2. The van der Waals surface area contributed by atoms with Crippen molar-refractivity contribution in [2.24, 2.45) is 23.7 Å². The van der Waals surface area contributed by atoms with Crippen molar-refractivity contribution in [3.63, 3.8) is 0 Å². The smallest absolute Gasteiger partial charge is 0.0558 e. The van der Waals surface area contributed by atoms with E-state index >= 15 is 0 Å². The van der Waals surface area contributed by atoms with E-state index in [0.29, 0.717) is 13.1 Å². The minimum atomic E-state index is 0.199. The van der Waals surface area contributed by atoms with Crippen molar-refractivity contribution in [3.8, 4) is 0 Å². The van der Waals surface area contributed by atoms with Crippen molar-refractivity contribution < 1.29 is 10.2 Å². The van der Waals surface area contributed by atoms with Crippen LogP contribution in [0.25, 0.3) is 0 Å². The van der Waals surface area contributed by atoms with Gasteiger partial charge in [0.05, 0.1) is 13.2 Å². The summed E-state index contributed by atoms with van der Waals surface area (Å²) in [6.45, 7) is 14.0. The zero-order valence-electron chi connectivity index (χ0n) is 19.3. The van der Waals surface area contributed by atoms with Gasteiger partial charge in [-0.2, -0.15) is 0 Å². The first kappa shape index (κ1) is 26.9. The van der Waals surface area contributed by atoms with E-state index in [-0.39, 0.29) is 13.2 Å². The van der Waals surface area contributed by atoms with Gasteiger partial charge in [0.15, 0.2) is 0 Å². The van der Waals surface area contributed by atoms with Crippen molar-refractivity contribution >= 4 is 0 Å². The molecule has 1 atom stereocenters. The van der Waals surface area contributed by atoms with Gasteiger partial charge in [-0.25, -0.2) is 0 Å². The Labute approximate surface area is 170 Å². The van der Waals surface area contributed by atoms with Gasteiger partial charge in [0.1, 0.15) is 0 Å². The van der Waals surface area contributed by atoms with Gasteiger partial charge in [-0.05, 0) is 36.5 Å². The standard InChI is InChI=1S/C22H45NO2.C2H6/c1-19(2)6-4-7-20(3)8-5-9-21-10-12-22(13-11-21)18-23(14-16-24)15-17-25;1-2/h19-22,24-25H,4-18H2,1-3H3;1-2H3. The van der Waals surface area contributed by atoms with E-state index in [1.54, 1.807) is 0 Å². The van der Waals surface area contributed by atoms with Gasteiger partial charge in [-0.15, -0.1) is 0 Å². The molecule has 0 aliphatic heterocycles. The Kier molecular flexibility index (Phi) is 17.9. The van der Waals surface area contributed by atoms with Crippen LogP contribution in [0.5, 0.6) is 0 Å². The second kappa shape index (κ2) is 17.9. The molecule has 27 heavy (non-hydrogen) atoms. The quantitative estimate of drug-likeness (QED) is 0.401. The molecule has 3 heteroatoms. The van der Waals surface area contributed by atoms with E-state index in [9.17, 15) is 0 Å². The van der Waals surface area contributed by atoms with Gasteiger partial charge in [-0.3, -0.25) is 4.90 Å². The normalized spacial score (nSPS) is 21.2. The molecule has 0 bridgehead atoms. The number of nitrogens with zero attached hydrogens (tertiary/aromatic N) is 1. The third-order valence-corrected chi connectivity index (χ3v) is 6.10. The van der Waals surface area contributed by atoms with Crippen LogP contribution in [0.3, 0.4) is 0 Å². The lowest BCUT2D eigenvalue weighted by Crippen LogP contribution is -2.35. The lowest BCUT2D eigenvalue weighted by Gasteiger charge is -2.32. The van der Waals surface area contributed by atoms with Crippen molar-refractivity contribution in [3.05, 3.63) is 0 Å². The molecule has 2 N–H and O–H groups in total. The molecule has 1 aliphatic rings. The molecule has 0 aromatic rings. The summed E-state index contributed by atoms with van der Waals surface area (Å²) in [6.07, 6.45) is 13.9. The predicted molar refractivity (Wildman–Crippen MR) is 119 cm³/mol. The summed E-state index contributed by atoms with van der Waals surface area (Å²) in [4.78, 5) is 2.23. The lowest BCUT2D eigenvalue weighted by molar-refractivity contribution is 0.125. The van der Waals surface area contributed by atoms with Crippen molar-refractivity contribution in [2.75, 3.05) is 32.8 Å². The minimum Gasteiger partial charge on any atom is -0.395 e. The van der Waals surface area contributed by atoms with Crippen LogP contribution >= 0.6 is 0 Å². The zero-order valence-corrected chi connectivity index (χ0v) is 19.3. The minimum absolute atomic E-state index is 0.199. The second-order valence-corrected chi connectivity index (χ2v) is 9.00. The fourth-order valence-electron chi connectivity index (χ4n) is 4.42. The average Bonchev–Trinajstić information content (AvgIpc) is 2.65. The van der Waals surface area contributed by atoms with E-state index < -0.39 is 0 Å². The van der Waals surface area contributed by atoms with Crippen molar-refractivity contribution in [1.29, 1.82) is 0 Å². The first-order chi connectivity index (χ1) is 13.0. The van der Waals surface area contributed by atoms with Gasteiger partial charge < -0.3 is 10.2 Å². The van der Waals surface area contributed by atoms with Crippen LogP contribution in [0.15, 0.2) is 0 Å². The topological polar surface area (TPSA) is 43.7 Å². The first-order valence-electron chi connectivity index (χ1n) is 12.0. The molecule has 0 aromatic heterocycles. The molecule has 0 saturated heterocycles. The molecule has 0 aromatic carbocycles. The third kappa shape index (κ3) is 14.5. The van der Waals surface area contributed by atoms with Crippen LogP contribution in [0.2, 0.25) is 0 Å². The third-order valence-electron chi connectivity index (χ3n) is 6.10. The summed E-state index contributed by atoms with van der Waals surface area (Å²) >= 11 is 0. The molecule has 1 unspecified atom stereocenters. The Bertz CT molecular complexity index is 295.